The zero-order valence-corrected chi connectivity index (χ0v) is 14.4. The number of rotatable bonds is 4. The summed E-state index contributed by atoms with van der Waals surface area (Å²) in [6, 6.07) is 12.8. The lowest BCUT2D eigenvalue weighted by atomic mass is 10.1. The Morgan fingerprint density at radius 2 is 1.90 bits per heavy atom. The van der Waals surface area contributed by atoms with E-state index in [0.29, 0.717) is 15.8 Å². The smallest absolute Gasteiger partial charge is 0.258 e. The number of nitrogen functional groups attached to an aromatic ring is 1. The van der Waals surface area contributed by atoms with E-state index in [2.05, 4.69) is 37.2 Å². The van der Waals surface area contributed by atoms with Crippen LogP contribution in [-0.2, 0) is 9.53 Å². The number of nitrogens with two attached hydrogens (primary N) is 1. The third-order valence-corrected chi connectivity index (χ3v) is 3.99. The van der Waals surface area contributed by atoms with Gasteiger partial charge in [0, 0.05) is 16.1 Å². The van der Waals surface area contributed by atoms with Crippen LogP contribution in [0.15, 0.2) is 51.4 Å². The fraction of sp³-hybridized carbons (Fsp3) is 0.133. The van der Waals surface area contributed by atoms with E-state index in [4.69, 9.17) is 10.5 Å². The first kappa shape index (κ1) is 16.0. The maximum absolute atomic E-state index is 12.4. The molecule has 6 heteroatoms. The van der Waals surface area contributed by atoms with Gasteiger partial charge >= 0.3 is 0 Å². The summed E-state index contributed by atoms with van der Waals surface area (Å²) < 4.78 is 6.83. The molecule has 0 spiro atoms. The zero-order valence-electron chi connectivity index (χ0n) is 11.3. The summed E-state index contributed by atoms with van der Waals surface area (Å²) in [6.07, 6.45) is -0.693. The summed E-state index contributed by atoms with van der Waals surface area (Å²) in [7, 11) is 1.50. The molecule has 0 aliphatic heterocycles. The summed E-state index contributed by atoms with van der Waals surface area (Å²) in [5.41, 5.74) is 7.71. The van der Waals surface area contributed by atoms with Gasteiger partial charge in [-0.1, -0.05) is 46.3 Å². The van der Waals surface area contributed by atoms with Gasteiger partial charge in [0.2, 0.25) is 0 Å². The van der Waals surface area contributed by atoms with Crippen LogP contribution in [0.2, 0.25) is 0 Å². The van der Waals surface area contributed by atoms with Gasteiger partial charge in [0.05, 0.1) is 11.4 Å². The fourth-order valence-corrected chi connectivity index (χ4v) is 3.29. The number of carbonyl (C=O) groups is 1. The van der Waals surface area contributed by atoms with Crippen LogP contribution in [0.5, 0.6) is 0 Å². The summed E-state index contributed by atoms with van der Waals surface area (Å²) in [5.74, 6) is -0.279. The highest BCUT2D eigenvalue weighted by Gasteiger charge is 2.21. The van der Waals surface area contributed by atoms with Gasteiger partial charge in [-0.15, -0.1) is 0 Å². The second-order valence-corrected chi connectivity index (χ2v) is 6.14. The summed E-state index contributed by atoms with van der Waals surface area (Å²) in [6.45, 7) is 0. The molecule has 0 heterocycles. The molecule has 1 unspecified atom stereocenters. The van der Waals surface area contributed by atoms with Crippen molar-refractivity contribution in [2.45, 2.75) is 6.10 Å². The lowest BCUT2D eigenvalue weighted by Gasteiger charge is -2.17. The normalized spacial score (nSPS) is 12.0. The Balaban J connectivity index is 2.25. The van der Waals surface area contributed by atoms with E-state index in [-0.39, 0.29) is 5.91 Å². The van der Waals surface area contributed by atoms with Crippen LogP contribution in [0, 0.1) is 0 Å². The van der Waals surface area contributed by atoms with Crippen molar-refractivity contribution in [3.05, 3.63) is 57.0 Å². The second kappa shape index (κ2) is 7.06. The van der Waals surface area contributed by atoms with E-state index < -0.39 is 6.10 Å². The van der Waals surface area contributed by atoms with Gasteiger partial charge in [0.15, 0.2) is 6.10 Å². The van der Waals surface area contributed by atoms with E-state index in [0.717, 1.165) is 10.0 Å². The number of ether oxygens (including phenoxy) is 1. The topological polar surface area (TPSA) is 64.3 Å². The Kier molecular flexibility index (Phi) is 5.39. The molecule has 1 amide bonds. The third kappa shape index (κ3) is 3.84. The largest absolute Gasteiger partial charge is 0.397 e. The second-order valence-electron chi connectivity index (χ2n) is 4.37. The molecule has 0 saturated carbocycles. The van der Waals surface area contributed by atoms with Gasteiger partial charge in [-0.25, -0.2) is 0 Å². The first-order chi connectivity index (χ1) is 10.0. The van der Waals surface area contributed by atoms with E-state index in [9.17, 15) is 4.79 Å². The zero-order chi connectivity index (χ0) is 15.4. The van der Waals surface area contributed by atoms with E-state index >= 15 is 0 Å². The summed E-state index contributed by atoms with van der Waals surface area (Å²) in [4.78, 5) is 12.4. The fourth-order valence-electron chi connectivity index (χ4n) is 1.94. The number of nitrogens with one attached hydrogen (secondary N) is 1. The van der Waals surface area contributed by atoms with Crippen LogP contribution in [-0.4, -0.2) is 13.0 Å². The molecule has 1 atom stereocenters. The average Bonchev–Trinajstić information content (AvgIpc) is 2.45. The van der Waals surface area contributed by atoms with Crippen molar-refractivity contribution in [1.29, 1.82) is 0 Å². The Morgan fingerprint density at radius 3 is 2.48 bits per heavy atom. The van der Waals surface area contributed by atoms with E-state index in [1.54, 1.807) is 6.07 Å². The summed E-state index contributed by atoms with van der Waals surface area (Å²) >= 11 is 6.73. The highest BCUT2D eigenvalue weighted by Crippen LogP contribution is 2.33. The van der Waals surface area contributed by atoms with Gasteiger partial charge in [-0.2, -0.15) is 0 Å². The SMILES string of the molecule is COC(C(=O)Nc1c(N)cc(Br)cc1Br)c1ccccc1. The molecule has 0 aromatic heterocycles. The van der Waals surface area contributed by atoms with Crippen LogP contribution in [0.3, 0.4) is 0 Å². The molecule has 4 nitrogen and oxygen atoms in total. The Labute approximate surface area is 139 Å². The lowest BCUT2D eigenvalue weighted by Crippen LogP contribution is -2.23. The third-order valence-electron chi connectivity index (χ3n) is 2.91. The monoisotopic (exact) mass is 412 g/mol. The molecule has 0 aliphatic rings. The first-order valence-corrected chi connectivity index (χ1v) is 7.74. The van der Waals surface area contributed by atoms with Gasteiger partial charge in [-0.05, 0) is 33.6 Å². The number of hydrogen-bond donors (Lipinski definition) is 2. The first-order valence-electron chi connectivity index (χ1n) is 6.16. The lowest BCUT2D eigenvalue weighted by molar-refractivity contribution is -0.126. The van der Waals surface area contributed by atoms with Crippen molar-refractivity contribution in [3.8, 4) is 0 Å². The molecule has 2 aromatic rings. The maximum Gasteiger partial charge on any atom is 0.258 e. The van der Waals surface area contributed by atoms with Gasteiger partial charge < -0.3 is 15.8 Å². The molecular formula is C15H14Br2N2O2. The highest BCUT2D eigenvalue weighted by molar-refractivity contribution is 9.11. The molecule has 2 aromatic carbocycles. The minimum atomic E-state index is -0.693. The Morgan fingerprint density at radius 1 is 1.24 bits per heavy atom. The van der Waals surface area contributed by atoms with Crippen molar-refractivity contribution in [3.63, 3.8) is 0 Å². The minimum Gasteiger partial charge on any atom is -0.397 e. The molecular weight excluding hydrogens is 400 g/mol. The quantitative estimate of drug-likeness (QED) is 0.741. The number of halogens is 2. The van der Waals surface area contributed by atoms with Crippen LogP contribution in [0.1, 0.15) is 11.7 Å². The summed E-state index contributed by atoms with van der Waals surface area (Å²) in [5, 5.41) is 2.80. The van der Waals surface area contributed by atoms with Gasteiger partial charge in [-0.3, -0.25) is 4.79 Å². The predicted octanol–water partition coefficient (Wildman–Crippen LogP) is 4.12. The number of amides is 1. The highest BCUT2D eigenvalue weighted by atomic mass is 79.9. The van der Waals surface area contributed by atoms with Crippen LogP contribution >= 0.6 is 31.9 Å². The maximum atomic E-state index is 12.4. The number of anilines is 2. The van der Waals surface area contributed by atoms with Gasteiger partial charge in [0.25, 0.3) is 5.91 Å². The molecule has 21 heavy (non-hydrogen) atoms. The number of methoxy groups -OCH3 is 1. The molecule has 0 aliphatic carbocycles. The molecule has 0 bridgehead atoms. The molecule has 110 valence electrons. The van der Waals surface area contributed by atoms with Gasteiger partial charge in [0.1, 0.15) is 0 Å². The molecule has 2 rings (SSSR count). The standard InChI is InChI=1S/C15H14Br2N2O2/c1-21-14(9-5-3-2-4-6-9)15(20)19-13-11(17)7-10(16)8-12(13)18/h2-8,14H,18H2,1H3,(H,19,20). The molecule has 0 fully saturated rings. The Bertz CT molecular complexity index is 624. The predicted molar refractivity (Wildman–Crippen MR) is 91.1 cm³/mol. The van der Waals surface area contributed by atoms with Crippen LogP contribution < -0.4 is 11.1 Å². The molecule has 3 N–H and O–H groups in total. The van der Waals surface area contributed by atoms with Crippen molar-refractivity contribution >= 4 is 49.1 Å². The van der Waals surface area contributed by atoms with Crippen molar-refractivity contribution in [1.82, 2.24) is 0 Å². The molecule has 0 radical (unpaired) electrons. The van der Waals surface area contributed by atoms with Crippen LogP contribution in [0.4, 0.5) is 11.4 Å². The molecule has 0 saturated heterocycles. The Hall–Kier alpha value is -1.37. The number of carbonyl (C=O) groups excluding carboxylic acids is 1. The number of benzene rings is 2. The van der Waals surface area contributed by atoms with E-state index in [1.165, 1.54) is 7.11 Å². The minimum absolute atomic E-state index is 0.279. The van der Waals surface area contributed by atoms with E-state index in [1.807, 2.05) is 36.4 Å². The average molecular weight is 414 g/mol. The van der Waals surface area contributed by atoms with Crippen molar-refractivity contribution in [2.24, 2.45) is 0 Å². The van der Waals surface area contributed by atoms with Crippen LogP contribution in [0.25, 0.3) is 0 Å². The van der Waals surface area contributed by atoms with Crippen molar-refractivity contribution in [2.75, 3.05) is 18.2 Å². The number of hydrogen-bond acceptors (Lipinski definition) is 3. The van der Waals surface area contributed by atoms with Crippen molar-refractivity contribution < 1.29 is 9.53 Å².